The smallest absolute Gasteiger partial charge is 0.243 e. The summed E-state index contributed by atoms with van der Waals surface area (Å²) < 4.78 is 40.6. The number of hydrogen-bond donors (Lipinski definition) is 1. The zero-order chi connectivity index (χ0) is 16.2. The van der Waals surface area contributed by atoms with Gasteiger partial charge in [0.1, 0.15) is 5.82 Å². The van der Waals surface area contributed by atoms with Gasteiger partial charge in [-0.05, 0) is 45.0 Å². The maximum absolute atomic E-state index is 13.9. The SMILES string of the molecule is CCCN(C(C)C)S(=O)(=O)c1cc(F)c(Cl)c(CNC)c1. The first kappa shape index (κ1) is 18.4. The number of nitrogens with one attached hydrogen (secondary N) is 1. The Bertz CT molecular complexity index is 591. The van der Waals surface area contributed by atoms with Crippen molar-refractivity contribution in [3.8, 4) is 0 Å². The molecular weight excluding hydrogens is 315 g/mol. The fourth-order valence-electron chi connectivity index (χ4n) is 2.10. The lowest BCUT2D eigenvalue weighted by Crippen LogP contribution is -2.37. The van der Waals surface area contributed by atoms with E-state index in [1.165, 1.54) is 10.4 Å². The molecule has 0 atom stereocenters. The predicted molar refractivity (Wildman–Crippen MR) is 83.5 cm³/mol. The van der Waals surface area contributed by atoms with Crippen molar-refractivity contribution in [1.29, 1.82) is 0 Å². The monoisotopic (exact) mass is 336 g/mol. The molecule has 1 aromatic rings. The van der Waals surface area contributed by atoms with E-state index in [2.05, 4.69) is 5.32 Å². The molecule has 0 fully saturated rings. The second-order valence-corrected chi connectivity index (χ2v) is 7.39. The molecule has 7 heteroatoms. The molecule has 4 nitrogen and oxygen atoms in total. The van der Waals surface area contributed by atoms with Gasteiger partial charge >= 0.3 is 0 Å². The average Bonchev–Trinajstić information content (AvgIpc) is 2.40. The van der Waals surface area contributed by atoms with Crippen LogP contribution < -0.4 is 5.32 Å². The van der Waals surface area contributed by atoms with Crippen LogP contribution in [0.5, 0.6) is 0 Å². The van der Waals surface area contributed by atoms with Gasteiger partial charge in [-0.15, -0.1) is 0 Å². The van der Waals surface area contributed by atoms with Gasteiger partial charge in [0.15, 0.2) is 0 Å². The summed E-state index contributed by atoms with van der Waals surface area (Å²) in [5.74, 6) is -0.719. The maximum Gasteiger partial charge on any atom is 0.243 e. The van der Waals surface area contributed by atoms with E-state index < -0.39 is 15.8 Å². The van der Waals surface area contributed by atoms with Gasteiger partial charge < -0.3 is 5.32 Å². The van der Waals surface area contributed by atoms with Gasteiger partial charge in [-0.25, -0.2) is 12.8 Å². The Balaban J connectivity index is 3.36. The first-order valence-corrected chi connectivity index (χ1v) is 8.71. The van der Waals surface area contributed by atoms with E-state index in [4.69, 9.17) is 11.6 Å². The Morgan fingerprint density at radius 3 is 2.48 bits per heavy atom. The lowest BCUT2D eigenvalue weighted by molar-refractivity contribution is 0.354. The normalized spacial score (nSPS) is 12.4. The Morgan fingerprint density at radius 1 is 1.38 bits per heavy atom. The minimum Gasteiger partial charge on any atom is -0.316 e. The second kappa shape index (κ2) is 7.54. The quantitative estimate of drug-likeness (QED) is 0.832. The van der Waals surface area contributed by atoms with Crippen LogP contribution in [-0.4, -0.2) is 32.4 Å². The van der Waals surface area contributed by atoms with Gasteiger partial charge in [-0.3, -0.25) is 0 Å². The molecule has 0 heterocycles. The first-order valence-electron chi connectivity index (χ1n) is 6.90. The van der Waals surface area contributed by atoms with Crippen LogP contribution in [0, 0.1) is 5.82 Å². The van der Waals surface area contributed by atoms with Crippen molar-refractivity contribution in [1.82, 2.24) is 9.62 Å². The summed E-state index contributed by atoms with van der Waals surface area (Å²) in [7, 11) is -2.05. The topological polar surface area (TPSA) is 49.4 Å². The zero-order valence-electron chi connectivity index (χ0n) is 12.8. The molecule has 0 radical (unpaired) electrons. The minimum absolute atomic E-state index is 0.0464. The standard InChI is InChI=1S/C14H22ClFN2O2S/c1-5-6-18(10(2)3)21(19,20)12-7-11(9-17-4)14(15)13(16)8-12/h7-8,10,17H,5-6,9H2,1-4H3. The molecule has 0 spiro atoms. The average molecular weight is 337 g/mol. The summed E-state index contributed by atoms with van der Waals surface area (Å²) in [5.41, 5.74) is 0.429. The van der Waals surface area contributed by atoms with Crippen LogP contribution in [-0.2, 0) is 16.6 Å². The van der Waals surface area contributed by atoms with E-state index in [1.54, 1.807) is 20.9 Å². The summed E-state index contributed by atoms with van der Waals surface area (Å²) in [4.78, 5) is -0.0585. The molecule has 0 amide bonds. The fourth-order valence-corrected chi connectivity index (χ4v) is 4.07. The van der Waals surface area contributed by atoms with E-state index in [-0.39, 0.29) is 16.0 Å². The van der Waals surface area contributed by atoms with E-state index in [9.17, 15) is 12.8 Å². The van der Waals surface area contributed by atoms with Crippen molar-refractivity contribution in [2.75, 3.05) is 13.6 Å². The highest BCUT2D eigenvalue weighted by Crippen LogP contribution is 2.27. The predicted octanol–water partition coefficient (Wildman–Crippen LogP) is 3.01. The number of halogens is 2. The van der Waals surface area contributed by atoms with Crippen molar-refractivity contribution in [3.63, 3.8) is 0 Å². The van der Waals surface area contributed by atoms with Crippen molar-refractivity contribution < 1.29 is 12.8 Å². The summed E-state index contributed by atoms with van der Waals surface area (Å²) in [5, 5.41) is 2.80. The van der Waals surface area contributed by atoms with E-state index in [0.29, 0.717) is 25.1 Å². The molecule has 0 saturated heterocycles. The Labute approximate surface area is 131 Å². The van der Waals surface area contributed by atoms with Crippen LogP contribution in [0.4, 0.5) is 4.39 Å². The molecule has 1 rings (SSSR count). The number of hydrogen-bond acceptors (Lipinski definition) is 3. The van der Waals surface area contributed by atoms with Gasteiger partial charge in [0.2, 0.25) is 10.0 Å². The summed E-state index contributed by atoms with van der Waals surface area (Å²) in [6.45, 7) is 6.20. The van der Waals surface area contributed by atoms with Crippen LogP contribution in [0.1, 0.15) is 32.8 Å². The highest BCUT2D eigenvalue weighted by molar-refractivity contribution is 7.89. The van der Waals surface area contributed by atoms with Crippen molar-refractivity contribution in [3.05, 3.63) is 28.5 Å². The van der Waals surface area contributed by atoms with Gasteiger partial charge in [0.05, 0.1) is 9.92 Å². The molecule has 1 aromatic carbocycles. The van der Waals surface area contributed by atoms with Crippen molar-refractivity contribution in [2.24, 2.45) is 0 Å². The summed E-state index contributed by atoms with van der Waals surface area (Å²) in [6, 6.07) is 2.23. The molecule has 21 heavy (non-hydrogen) atoms. The molecule has 0 unspecified atom stereocenters. The number of benzene rings is 1. The molecule has 0 aliphatic heterocycles. The third kappa shape index (κ3) is 4.16. The number of nitrogens with zero attached hydrogens (tertiary/aromatic N) is 1. The number of sulfonamides is 1. The number of rotatable bonds is 7. The Kier molecular flexibility index (Phi) is 6.59. The second-order valence-electron chi connectivity index (χ2n) is 5.12. The van der Waals surface area contributed by atoms with E-state index in [0.717, 1.165) is 6.07 Å². The van der Waals surface area contributed by atoms with E-state index in [1.807, 2.05) is 6.92 Å². The third-order valence-corrected chi connectivity index (χ3v) is 5.55. The van der Waals surface area contributed by atoms with E-state index >= 15 is 0 Å². The van der Waals surface area contributed by atoms with Crippen LogP contribution in [0.15, 0.2) is 17.0 Å². The minimum atomic E-state index is -3.74. The molecule has 0 saturated carbocycles. The van der Waals surface area contributed by atoms with Crippen molar-refractivity contribution in [2.45, 2.75) is 44.7 Å². The van der Waals surface area contributed by atoms with Crippen LogP contribution in [0.3, 0.4) is 0 Å². The molecule has 1 N–H and O–H groups in total. The first-order chi connectivity index (χ1) is 9.75. The highest BCUT2D eigenvalue weighted by Gasteiger charge is 2.27. The molecular formula is C14H22ClFN2O2S. The van der Waals surface area contributed by atoms with Crippen molar-refractivity contribution >= 4 is 21.6 Å². The summed E-state index contributed by atoms with van der Waals surface area (Å²) in [6.07, 6.45) is 0.691. The molecule has 0 aromatic heterocycles. The largest absolute Gasteiger partial charge is 0.316 e. The van der Waals surface area contributed by atoms with Gasteiger partial charge in [0, 0.05) is 19.1 Å². The van der Waals surface area contributed by atoms with Crippen LogP contribution in [0.25, 0.3) is 0 Å². The molecule has 0 bridgehead atoms. The molecule has 0 aliphatic carbocycles. The highest BCUT2D eigenvalue weighted by atomic mass is 35.5. The van der Waals surface area contributed by atoms with Gasteiger partial charge in [-0.2, -0.15) is 4.31 Å². The van der Waals surface area contributed by atoms with Crippen LogP contribution >= 0.6 is 11.6 Å². The van der Waals surface area contributed by atoms with Crippen LogP contribution in [0.2, 0.25) is 5.02 Å². The van der Waals surface area contributed by atoms with Gasteiger partial charge in [0.25, 0.3) is 0 Å². The van der Waals surface area contributed by atoms with Gasteiger partial charge in [-0.1, -0.05) is 18.5 Å². The Hall–Kier alpha value is -0.690. The summed E-state index contributed by atoms with van der Waals surface area (Å²) >= 11 is 5.87. The third-order valence-electron chi connectivity index (χ3n) is 3.07. The fraction of sp³-hybridized carbons (Fsp3) is 0.571. The Morgan fingerprint density at radius 2 is 2.00 bits per heavy atom. The lowest BCUT2D eigenvalue weighted by atomic mass is 10.2. The molecule has 120 valence electrons. The zero-order valence-corrected chi connectivity index (χ0v) is 14.4. The molecule has 0 aliphatic rings. The maximum atomic E-state index is 13.9. The lowest BCUT2D eigenvalue weighted by Gasteiger charge is -2.25.